The van der Waals surface area contributed by atoms with Crippen LogP contribution < -0.4 is 56.5 Å². The van der Waals surface area contributed by atoms with E-state index in [2.05, 4.69) is 103 Å². The van der Waals surface area contributed by atoms with Crippen molar-refractivity contribution in [1.29, 1.82) is 0 Å². The maximum atomic E-state index is 11.0. The van der Waals surface area contributed by atoms with Gasteiger partial charge in [0.25, 0.3) is 0 Å². The second-order valence-corrected chi connectivity index (χ2v) is 31.1. The van der Waals surface area contributed by atoms with Crippen molar-refractivity contribution in [3.63, 3.8) is 0 Å². The predicted molar refractivity (Wildman–Crippen MR) is 353 cm³/mol. The molecule has 0 saturated carbocycles. The zero-order valence-corrected chi connectivity index (χ0v) is 57.6. The molecule has 0 spiro atoms. The summed E-state index contributed by atoms with van der Waals surface area (Å²) in [5.41, 5.74) is -0.750. The summed E-state index contributed by atoms with van der Waals surface area (Å²) in [6, 6.07) is 30.7. The number of rotatable bonds is 11. The van der Waals surface area contributed by atoms with Crippen molar-refractivity contribution in [3.05, 3.63) is 134 Å². The van der Waals surface area contributed by atoms with E-state index in [-0.39, 0.29) is 60.1 Å². The number of fused-ring (bicyclic) bond motifs is 12. The topological polar surface area (TPSA) is 92.7 Å². The normalized spacial score (nSPS) is 11.7. The van der Waals surface area contributed by atoms with Crippen molar-refractivity contribution in [2.45, 2.75) is 67.6 Å². The van der Waals surface area contributed by atoms with Gasteiger partial charge in [0.2, 0.25) is 0 Å². The minimum atomic E-state index is -1.00. The number of hydrogen-bond acceptors (Lipinski definition) is 17. The second kappa shape index (κ2) is 29.9. The van der Waals surface area contributed by atoms with E-state index in [1.807, 2.05) is 113 Å². The van der Waals surface area contributed by atoms with E-state index in [4.69, 9.17) is 6.11 Å². The fourth-order valence-electron chi connectivity index (χ4n) is 7.82. The van der Waals surface area contributed by atoms with Crippen LogP contribution in [0, 0.1) is 20.8 Å². The van der Waals surface area contributed by atoms with E-state index in [1.54, 1.807) is 77.5 Å². The maximum Gasteiger partial charge on any atom is 1.00 e. The Morgan fingerprint density at radius 1 is 0.506 bits per heavy atom. The van der Waals surface area contributed by atoms with E-state index in [1.165, 1.54) is 112 Å². The summed E-state index contributed by atoms with van der Waals surface area (Å²) in [4.78, 5) is 33.9. The average molecular weight is 1300 g/mol. The molecule has 20 heteroatoms. The summed E-state index contributed by atoms with van der Waals surface area (Å²) in [5.74, 6) is 0. The van der Waals surface area contributed by atoms with Crippen LogP contribution in [0.25, 0.3) is 102 Å². The van der Waals surface area contributed by atoms with Crippen LogP contribution in [-0.4, -0.2) is 38.5 Å². The molecule has 11 aromatic heterocycles. The number of carbonyl (C=O) groups excluding carboxylic acids is 2. The molecule has 6 nitrogen and oxygen atoms in total. The Morgan fingerprint density at radius 3 is 1.10 bits per heavy atom. The summed E-state index contributed by atoms with van der Waals surface area (Å²) >= 11 is 19.6. The Kier molecular flexibility index (Phi) is 23.7. The largest absolute Gasteiger partial charge is 1.00 e. The molecular weight excluding hydrogens is 1250 g/mol. The molecule has 79 heavy (non-hydrogen) atoms. The van der Waals surface area contributed by atoms with Crippen LogP contribution in [-0.2, 0) is 20.4 Å². The van der Waals surface area contributed by atoms with Gasteiger partial charge in [0.15, 0.2) is 12.6 Å². The van der Waals surface area contributed by atoms with Gasteiger partial charge in [-0.25, -0.2) is 4.57 Å². The Bertz CT molecular complexity index is 3990. The summed E-state index contributed by atoms with van der Waals surface area (Å²) in [5, 5.41) is 15.4. The van der Waals surface area contributed by atoms with Gasteiger partial charge in [-0.15, -0.1) is 130 Å². The standard InChI is InChI=1S/C28H18S6.C16H6O2S4.C6H7O2PS.C4H9O.C4H10O.CH3F.K/c1-15-3-5-17(29-15)7-9-19-11-25-27(31-19)21-13-24-22(14-23(21)33-25)28-26(34-24)12-20(32-28)10-8-18-6-4-16(2)30-18;17-5-7-1-13-15(19-7)9-3-12-10(4-11(9)21-13)16-14(22-12)2-8(6-18)20-16;1-5-2-3-6(10-5)4-8-9-7;1-4(2,3)5;1-3-5-4-2;1-2;/h3-14H,1-2H3;1-6H;2-3H,4H2,1H3;1-3H3;3-4H2,1-2H3;1H3;/q;;;-1;;;+1/b9-7+,10-8+;;;;;;/i;;;;;1D;. The third-order valence-electron chi connectivity index (χ3n) is 10.9. The summed E-state index contributed by atoms with van der Waals surface area (Å²) in [6.45, 7) is 17.4. The minimum Gasteiger partial charge on any atom is -0.850 e. The van der Waals surface area contributed by atoms with Crippen molar-refractivity contribution in [3.8, 4) is 0 Å². The first-order valence-electron chi connectivity index (χ1n) is 24.9. The molecule has 13 aromatic rings. The van der Waals surface area contributed by atoms with Crippen LogP contribution in [0.15, 0.2) is 84.9 Å². The molecule has 0 radical (unpaired) electrons. The molecule has 0 saturated heterocycles. The third kappa shape index (κ3) is 16.7. The quantitative estimate of drug-likeness (QED) is 0.0728. The molecular formula is C59H53FKO6PS11. The minimum absolute atomic E-state index is 0. The van der Waals surface area contributed by atoms with Crippen LogP contribution in [0.4, 0.5) is 4.39 Å². The number of benzene rings is 2. The van der Waals surface area contributed by atoms with Crippen LogP contribution in [0.1, 0.15) is 94.3 Å². The molecule has 11 heterocycles. The number of hydrogen-bond donors (Lipinski definition) is 0. The van der Waals surface area contributed by atoms with Gasteiger partial charge in [-0.3, -0.25) is 18.5 Å². The number of alkyl halides is 1. The molecule has 0 N–H and O–H groups in total. The number of aryl methyl sites for hydroxylation is 3. The zero-order chi connectivity index (χ0) is 56.4. The molecule has 2 aromatic carbocycles. The fraction of sp³-hybridized carbons (Fsp3) is 0.220. The smallest absolute Gasteiger partial charge is 0.850 e. The van der Waals surface area contributed by atoms with Gasteiger partial charge < -0.3 is 9.84 Å². The van der Waals surface area contributed by atoms with E-state index in [9.17, 15) is 23.7 Å². The van der Waals surface area contributed by atoms with Gasteiger partial charge in [0.05, 0.1) is 43.7 Å². The Morgan fingerprint density at radius 2 is 0.823 bits per heavy atom. The molecule has 0 aliphatic heterocycles. The van der Waals surface area contributed by atoms with Crippen molar-refractivity contribution in [2.75, 3.05) is 20.4 Å². The van der Waals surface area contributed by atoms with Gasteiger partial charge in [0, 0.05) is 111 Å². The van der Waals surface area contributed by atoms with Crippen molar-refractivity contribution < 1.29 is 85.7 Å². The maximum absolute atomic E-state index is 11.0. The molecule has 0 atom stereocenters. The van der Waals surface area contributed by atoms with E-state index >= 15 is 0 Å². The molecule has 404 valence electrons. The first kappa shape index (κ1) is 62.6. The van der Waals surface area contributed by atoms with Crippen molar-refractivity contribution >= 4 is 248 Å². The number of ether oxygens (including phenoxy) is 1. The van der Waals surface area contributed by atoms with E-state index in [0.29, 0.717) is 6.61 Å². The fourth-order valence-corrected chi connectivity index (χ4v) is 20.1. The molecule has 0 amide bonds. The average Bonchev–Trinajstić information content (AvgIpc) is 4.29. The first-order chi connectivity index (χ1) is 38.0. The molecule has 0 fully saturated rings. The van der Waals surface area contributed by atoms with Crippen LogP contribution in [0.5, 0.6) is 0 Å². The van der Waals surface area contributed by atoms with Crippen molar-refractivity contribution in [2.24, 2.45) is 0 Å². The molecule has 0 bridgehead atoms. The Hall–Kier alpha value is -2.41. The summed E-state index contributed by atoms with van der Waals surface area (Å²) in [7, 11) is -1.24. The molecule has 0 aliphatic carbocycles. The Labute approximate surface area is 548 Å². The number of aldehydes is 2. The van der Waals surface area contributed by atoms with Gasteiger partial charge in [0.1, 0.15) is 0 Å². The van der Waals surface area contributed by atoms with Crippen LogP contribution in [0.3, 0.4) is 0 Å². The van der Waals surface area contributed by atoms with Gasteiger partial charge in [-0.05, 0) is 144 Å². The summed E-state index contributed by atoms with van der Waals surface area (Å²) < 4.78 is 50.6. The Balaban J connectivity index is 0.000000171. The third-order valence-corrected chi connectivity index (χ3v) is 23.4. The van der Waals surface area contributed by atoms with Gasteiger partial charge in [-0.2, -0.15) is 0 Å². The number of carbonyl (C=O) groups is 2. The molecule has 13 rings (SSSR count). The van der Waals surface area contributed by atoms with Crippen LogP contribution >= 0.6 is 133 Å². The number of thiophene rings is 11. The second-order valence-electron chi connectivity index (χ2n) is 18.0. The van der Waals surface area contributed by atoms with Crippen molar-refractivity contribution in [1.82, 2.24) is 0 Å². The monoisotopic (exact) mass is 1300 g/mol. The summed E-state index contributed by atoms with van der Waals surface area (Å²) in [6.07, 6.45) is 10.9. The predicted octanol–water partition coefficient (Wildman–Crippen LogP) is 19.4. The zero-order valence-electron chi connectivity index (χ0n) is 45.6. The van der Waals surface area contributed by atoms with E-state index in [0.717, 1.165) is 40.4 Å². The number of halogens is 1. The van der Waals surface area contributed by atoms with Gasteiger partial charge in [-0.1, -0.05) is 20.8 Å². The first-order valence-corrected chi connectivity index (χ1v) is 33.9. The molecule has 0 aliphatic rings. The SMILES string of the molecule is CC(C)(C)[O-].CCOCC.Cc1ccc(/C=C/c2cc3sc4cc5c(cc4c3s2)sc2cc(/C=C/c3ccc(C)s3)sc25)s1.Cc1ccc(COP=O)s1.O=Cc1cc2sc3cc4c(cc3c2s1)sc1cc(C=O)sc14.[2H]CF.[K+]. The van der Waals surface area contributed by atoms with Crippen LogP contribution in [0.2, 0.25) is 0 Å². The van der Waals surface area contributed by atoms with Gasteiger partial charge >= 0.3 is 60.1 Å². The van der Waals surface area contributed by atoms with E-state index < -0.39 is 12.8 Å². The molecule has 0 unspecified atom stereocenters.